The Balaban J connectivity index is 0.000000369. The predicted octanol–water partition coefficient (Wildman–Crippen LogP) is 7.98. The molecule has 0 radical (unpaired) electrons. The molecule has 0 aliphatic rings. The number of aromatic nitrogens is 1. The molecular weight excluding hydrogens is 506 g/mol. The van der Waals surface area contributed by atoms with Gasteiger partial charge in [-0.1, -0.05) is 68.1 Å². The number of benzene rings is 2. The molecular formula is C33H42F2N4O. The Morgan fingerprint density at radius 1 is 0.925 bits per heavy atom. The zero-order valence-electron chi connectivity index (χ0n) is 24.6. The lowest BCUT2D eigenvalue weighted by atomic mass is 10.1. The highest BCUT2D eigenvalue weighted by Gasteiger charge is 2.16. The second-order valence-electron chi connectivity index (χ2n) is 8.95. The summed E-state index contributed by atoms with van der Waals surface area (Å²) in [5, 5.41) is 0. The van der Waals surface area contributed by atoms with Gasteiger partial charge < -0.3 is 9.73 Å². The van der Waals surface area contributed by atoms with Crippen molar-refractivity contribution < 1.29 is 13.5 Å². The molecule has 0 amide bonds. The second-order valence-corrected chi connectivity index (χ2v) is 8.95. The summed E-state index contributed by atoms with van der Waals surface area (Å²) < 4.78 is 29.7. The molecule has 0 aliphatic heterocycles. The fraction of sp³-hybridized carbons (Fsp3) is 0.303. The standard InChI is InChI=1S/C18H22N2.C13H15F2NO.C2H5N/c1-4-15(2)18-7-5-16(6-8-18)13-20(3)14-17-9-11-19-12-10-17;1-4-10-5-7-11(8-6-10)9(2)17-13(16-3)12(14)15;1-3-2/h4-12H,13-14H2,1-3H3;5-8,12H,2,4H2,1,3H3;1H2,2H3/b15-4+;;. The molecule has 0 bridgehead atoms. The van der Waals surface area contributed by atoms with Gasteiger partial charge in [-0.15, -0.1) is 0 Å². The predicted molar refractivity (Wildman–Crippen MR) is 166 cm³/mol. The Kier molecular flexibility index (Phi) is 16.3. The molecule has 0 N–H and O–H groups in total. The van der Waals surface area contributed by atoms with Crippen LogP contribution in [0, 0.1) is 0 Å². The molecule has 214 valence electrons. The molecule has 3 aromatic rings. The number of hydrogen-bond donors (Lipinski definition) is 0. The fourth-order valence-electron chi connectivity index (χ4n) is 3.51. The molecule has 0 fully saturated rings. The van der Waals surface area contributed by atoms with E-state index in [2.05, 4.69) is 96.5 Å². The molecule has 3 rings (SSSR count). The number of nitrogens with zero attached hydrogens (tertiary/aromatic N) is 4. The zero-order chi connectivity index (χ0) is 29.9. The molecule has 40 heavy (non-hydrogen) atoms. The smallest absolute Gasteiger partial charge is 0.312 e. The van der Waals surface area contributed by atoms with Crippen molar-refractivity contribution in [2.45, 2.75) is 46.7 Å². The van der Waals surface area contributed by atoms with E-state index in [9.17, 15) is 8.78 Å². The van der Waals surface area contributed by atoms with Crippen LogP contribution in [0.1, 0.15) is 48.6 Å². The lowest BCUT2D eigenvalue weighted by molar-refractivity contribution is 0.196. The van der Waals surface area contributed by atoms with Crippen LogP contribution in [0.2, 0.25) is 0 Å². The normalized spacial score (nSPS) is 11.2. The molecule has 5 nitrogen and oxygen atoms in total. The van der Waals surface area contributed by atoms with Crippen molar-refractivity contribution in [2.24, 2.45) is 9.98 Å². The van der Waals surface area contributed by atoms with Crippen molar-refractivity contribution in [3.63, 3.8) is 0 Å². The maximum Gasteiger partial charge on any atom is 0.312 e. The maximum atomic E-state index is 12.4. The Labute approximate surface area is 238 Å². The molecule has 0 aliphatic carbocycles. The van der Waals surface area contributed by atoms with E-state index >= 15 is 0 Å². The van der Waals surface area contributed by atoms with Gasteiger partial charge in [0.2, 0.25) is 0 Å². The van der Waals surface area contributed by atoms with Crippen LogP contribution in [0.4, 0.5) is 8.78 Å². The monoisotopic (exact) mass is 548 g/mol. The van der Waals surface area contributed by atoms with Crippen LogP contribution in [0.15, 0.2) is 95.7 Å². The van der Waals surface area contributed by atoms with Gasteiger partial charge in [-0.05, 0) is 74.0 Å². The van der Waals surface area contributed by atoms with Crippen LogP contribution in [0.5, 0.6) is 0 Å². The highest BCUT2D eigenvalue weighted by Crippen LogP contribution is 2.18. The van der Waals surface area contributed by atoms with Gasteiger partial charge in [0.1, 0.15) is 5.76 Å². The van der Waals surface area contributed by atoms with Crippen LogP contribution < -0.4 is 0 Å². The number of pyridine rings is 1. The summed E-state index contributed by atoms with van der Waals surface area (Å²) in [7, 11) is 5.04. The number of ether oxygens (including phenoxy) is 1. The molecule has 7 heteroatoms. The molecule has 0 spiro atoms. The minimum absolute atomic E-state index is 0.175. The van der Waals surface area contributed by atoms with Crippen LogP contribution in [-0.2, 0) is 24.2 Å². The molecule has 0 saturated heterocycles. The first-order valence-electron chi connectivity index (χ1n) is 13.0. The second kappa shape index (κ2) is 19.1. The summed E-state index contributed by atoms with van der Waals surface area (Å²) >= 11 is 0. The van der Waals surface area contributed by atoms with Gasteiger partial charge in [0.25, 0.3) is 5.90 Å². The quantitative estimate of drug-likeness (QED) is 0.155. The van der Waals surface area contributed by atoms with Gasteiger partial charge in [-0.2, -0.15) is 8.78 Å². The molecule has 1 aromatic heterocycles. The molecule has 1 heterocycles. The van der Waals surface area contributed by atoms with Crippen molar-refractivity contribution in [1.29, 1.82) is 0 Å². The first-order chi connectivity index (χ1) is 19.2. The fourth-order valence-corrected chi connectivity index (χ4v) is 3.51. The molecule has 2 aromatic carbocycles. The largest absolute Gasteiger partial charge is 0.438 e. The van der Waals surface area contributed by atoms with E-state index in [0.29, 0.717) is 5.56 Å². The third-order valence-electron chi connectivity index (χ3n) is 5.82. The number of allylic oxidation sites excluding steroid dienone is 2. The summed E-state index contributed by atoms with van der Waals surface area (Å²) in [6.45, 7) is 14.9. The van der Waals surface area contributed by atoms with Gasteiger partial charge in [-0.25, -0.2) is 0 Å². The van der Waals surface area contributed by atoms with Gasteiger partial charge in [0.15, 0.2) is 0 Å². The van der Waals surface area contributed by atoms with Crippen LogP contribution in [-0.4, -0.2) is 50.1 Å². The number of aryl methyl sites for hydroxylation is 1. The third-order valence-corrected chi connectivity index (χ3v) is 5.82. The summed E-state index contributed by atoms with van der Waals surface area (Å²) in [5.74, 6) is -0.442. The SMILES string of the molecule is C/C=C(\C)c1ccc(CN(C)Cc2ccncc2)cc1.C=C(OC(=NC)C(F)F)c1ccc(CC)cc1.C=NC. The summed E-state index contributed by atoms with van der Waals surface area (Å²) in [4.78, 5) is 13.0. The van der Waals surface area contributed by atoms with Gasteiger partial charge in [0.05, 0.1) is 0 Å². The van der Waals surface area contributed by atoms with E-state index in [4.69, 9.17) is 4.74 Å². The summed E-state index contributed by atoms with van der Waals surface area (Å²) in [6, 6.07) is 20.4. The maximum absolute atomic E-state index is 12.4. The van der Waals surface area contributed by atoms with Crippen molar-refractivity contribution in [3.8, 4) is 0 Å². The number of rotatable bonds is 9. The van der Waals surface area contributed by atoms with Crippen LogP contribution in [0.3, 0.4) is 0 Å². The van der Waals surface area contributed by atoms with E-state index in [1.54, 1.807) is 19.2 Å². The van der Waals surface area contributed by atoms with E-state index < -0.39 is 12.3 Å². The number of halogens is 2. The lowest BCUT2D eigenvalue weighted by Crippen LogP contribution is -2.17. The Hall–Kier alpha value is -3.97. The Morgan fingerprint density at radius 3 is 1.85 bits per heavy atom. The average Bonchev–Trinajstić information content (AvgIpc) is 2.97. The summed E-state index contributed by atoms with van der Waals surface area (Å²) in [5.41, 5.74) is 7.09. The number of aliphatic imine (C=N–C) groups is 2. The van der Waals surface area contributed by atoms with Crippen LogP contribution in [0.25, 0.3) is 11.3 Å². The van der Waals surface area contributed by atoms with E-state index in [-0.39, 0.29) is 5.76 Å². The Morgan fingerprint density at radius 2 is 1.40 bits per heavy atom. The first kappa shape index (κ1) is 34.1. The minimum Gasteiger partial charge on any atom is -0.438 e. The lowest BCUT2D eigenvalue weighted by Gasteiger charge is -2.17. The molecule has 0 unspecified atom stereocenters. The Bertz CT molecular complexity index is 1210. The first-order valence-corrected chi connectivity index (χ1v) is 13.0. The van der Waals surface area contributed by atoms with E-state index in [1.165, 1.54) is 34.9 Å². The van der Waals surface area contributed by atoms with Gasteiger partial charge >= 0.3 is 6.43 Å². The number of hydrogen-bond acceptors (Lipinski definition) is 5. The highest BCUT2D eigenvalue weighted by atomic mass is 19.3. The average molecular weight is 549 g/mol. The molecule has 0 saturated carbocycles. The summed E-state index contributed by atoms with van der Waals surface area (Å²) in [6.07, 6.45) is 4.03. The van der Waals surface area contributed by atoms with Crippen molar-refractivity contribution in [1.82, 2.24) is 9.88 Å². The third kappa shape index (κ3) is 12.7. The van der Waals surface area contributed by atoms with Gasteiger partial charge in [-0.3, -0.25) is 14.9 Å². The molecule has 0 atom stereocenters. The minimum atomic E-state index is -2.73. The van der Waals surface area contributed by atoms with E-state index in [1.807, 2.05) is 31.5 Å². The van der Waals surface area contributed by atoms with Gasteiger partial charge in [0, 0.05) is 45.1 Å². The zero-order valence-corrected chi connectivity index (χ0v) is 24.6. The van der Waals surface area contributed by atoms with Crippen molar-refractivity contribution in [2.75, 3.05) is 21.1 Å². The topological polar surface area (TPSA) is 50.1 Å². The van der Waals surface area contributed by atoms with Crippen molar-refractivity contribution in [3.05, 3.63) is 114 Å². The number of alkyl halides is 2. The van der Waals surface area contributed by atoms with Crippen LogP contribution >= 0.6 is 0 Å². The van der Waals surface area contributed by atoms with E-state index in [0.717, 1.165) is 19.5 Å². The highest BCUT2D eigenvalue weighted by molar-refractivity contribution is 5.84. The van der Waals surface area contributed by atoms with Crippen molar-refractivity contribution >= 4 is 23.9 Å².